The summed E-state index contributed by atoms with van der Waals surface area (Å²) in [6.07, 6.45) is 2.77. The van der Waals surface area contributed by atoms with E-state index in [9.17, 15) is 4.79 Å². The highest BCUT2D eigenvalue weighted by Gasteiger charge is 2.28. The molecule has 0 saturated carbocycles. The number of nitrogens with zero attached hydrogens (tertiary/aromatic N) is 3. The number of likely N-dealkylation sites (tertiary alicyclic amines) is 1. The largest absolute Gasteiger partial charge is 0.342 e. The fourth-order valence-corrected chi connectivity index (χ4v) is 3.53. The molecular weight excluding hydrogens is 274 g/mol. The van der Waals surface area contributed by atoms with Crippen LogP contribution in [0.1, 0.15) is 57.8 Å². The van der Waals surface area contributed by atoms with Crippen molar-refractivity contribution in [1.82, 2.24) is 14.5 Å². The minimum atomic E-state index is 0.261. The van der Waals surface area contributed by atoms with Crippen molar-refractivity contribution in [2.45, 2.75) is 52.0 Å². The Morgan fingerprint density at radius 1 is 1.36 bits per heavy atom. The van der Waals surface area contributed by atoms with Crippen LogP contribution in [0.2, 0.25) is 0 Å². The first-order valence-electron chi connectivity index (χ1n) is 8.36. The van der Waals surface area contributed by atoms with Gasteiger partial charge in [0.25, 0.3) is 0 Å². The molecule has 0 bridgehead atoms. The molecule has 1 aliphatic rings. The molecular formula is C18H25N3O. The van der Waals surface area contributed by atoms with E-state index in [2.05, 4.69) is 36.6 Å². The number of rotatable bonds is 3. The standard InChI is InChI=1S/C18H25N3O/c1-4-17(22)20-11-7-8-14(12-20)18-19-15-9-5-6-10-16(15)21(18)13(2)3/h5-6,9-10,13-14H,4,7-8,11-12H2,1-3H3/t14-/m0/s1. The second kappa shape index (κ2) is 6.11. The van der Waals surface area contributed by atoms with E-state index in [0.717, 1.165) is 37.3 Å². The first kappa shape index (κ1) is 15.1. The number of benzene rings is 1. The Kier molecular flexibility index (Phi) is 4.19. The number of fused-ring (bicyclic) bond motifs is 1. The second-order valence-electron chi connectivity index (χ2n) is 6.45. The van der Waals surface area contributed by atoms with Crippen LogP contribution in [-0.2, 0) is 4.79 Å². The molecule has 1 aromatic carbocycles. The predicted molar refractivity (Wildman–Crippen MR) is 89.0 cm³/mol. The van der Waals surface area contributed by atoms with Crippen molar-refractivity contribution in [1.29, 1.82) is 0 Å². The summed E-state index contributed by atoms with van der Waals surface area (Å²) >= 11 is 0. The lowest BCUT2D eigenvalue weighted by Crippen LogP contribution is -2.39. The SMILES string of the molecule is CCC(=O)N1CCC[C@H](c2nc3ccccc3n2C(C)C)C1. The van der Waals surface area contributed by atoms with E-state index in [-0.39, 0.29) is 5.91 Å². The van der Waals surface area contributed by atoms with E-state index >= 15 is 0 Å². The first-order chi connectivity index (χ1) is 10.6. The third-order valence-corrected chi connectivity index (χ3v) is 4.58. The number of hydrogen-bond acceptors (Lipinski definition) is 2. The van der Waals surface area contributed by atoms with Crippen molar-refractivity contribution in [2.24, 2.45) is 0 Å². The zero-order chi connectivity index (χ0) is 15.7. The molecule has 1 amide bonds. The van der Waals surface area contributed by atoms with Gasteiger partial charge in [-0.3, -0.25) is 4.79 Å². The summed E-state index contributed by atoms with van der Waals surface area (Å²) in [5, 5.41) is 0. The Labute approximate surface area is 132 Å². The Morgan fingerprint density at radius 2 is 2.14 bits per heavy atom. The summed E-state index contributed by atoms with van der Waals surface area (Å²) in [6, 6.07) is 8.71. The lowest BCUT2D eigenvalue weighted by molar-refractivity contribution is -0.132. The van der Waals surface area contributed by atoms with Crippen molar-refractivity contribution < 1.29 is 4.79 Å². The molecule has 0 spiro atoms. The van der Waals surface area contributed by atoms with Gasteiger partial charge in [0.05, 0.1) is 11.0 Å². The molecule has 2 aromatic rings. The van der Waals surface area contributed by atoms with Gasteiger partial charge in [0, 0.05) is 31.5 Å². The van der Waals surface area contributed by atoms with Gasteiger partial charge in [-0.1, -0.05) is 19.1 Å². The van der Waals surface area contributed by atoms with Crippen molar-refractivity contribution >= 4 is 16.9 Å². The average molecular weight is 299 g/mol. The molecule has 0 N–H and O–H groups in total. The molecule has 3 rings (SSSR count). The smallest absolute Gasteiger partial charge is 0.222 e. The van der Waals surface area contributed by atoms with Gasteiger partial charge in [-0.05, 0) is 38.8 Å². The first-order valence-corrected chi connectivity index (χ1v) is 8.36. The molecule has 2 heterocycles. The topological polar surface area (TPSA) is 38.1 Å². The molecule has 4 heteroatoms. The third-order valence-electron chi connectivity index (χ3n) is 4.58. The van der Waals surface area contributed by atoms with Gasteiger partial charge in [0.15, 0.2) is 0 Å². The van der Waals surface area contributed by atoms with Gasteiger partial charge in [-0.25, -0.2) is 4.98 Å². The van der Waals surface area contributed by atoms with Crippen LogP contribution in [0.4, 0.5) is 0 Å². The van der Waals surface area contributed by atoms with Crippen LogP contribution in [0.5, 0.6) is 0 Å². The molecule has 1 aromatic heterocycles. The fourth-order valence-electron chi connectivity index (χ4n) is 3.53. The van der Waals surface area contributed by atoms with E-state index in [1.165, 1.54) is 5.52 Å². The molecule has 0 aliphatic carbocycles. The number of aromatic nitrogens is 2. The second-order valence-corrected chi connectivity index (χ2v) is 6.45. The van der Waals surface area contributed by atoms with Gasteiger partial charge in [0.1, 0.15) is 5.82 Å². The van der Waals surface area contributed by atoms with Crippen LogP contribution in [0.25, 0.3) is 11.0 Å². The summed E-state index contributed by atoms with van der Waals surface area (Å²) < 4.78 is 2.35. The summed E-state index contributed by atoms with van der Waals surface area (Å²) in [4.78, 5) is 18.9. The number of para-hydroxylation sites is 2. The third kappa shape index (κ3) is 2.62. The normalized spacial score (nSPS) is 19.1. The highest BCUT2D eigenvalue weighted by molar-refractivity contribution is 5.77. The van der Waals surface area contributed by atoms with Crippen LogP contribution < -0.4 is 0 Å². The van der Waals surface area contributed by atoms with Crippen molar-refractivity contribution in [3.63, 3.8) is 0 Å². The molecule has 4 nitrogen and oxygen atoms in total. The Hall–Kier alpha value is -1.84. The highest BCUT2D eigenvalue weighted by atomic mass is 16.2. The Bertz CT molecular complexity index is 674. The Balaban J connectivity index is 1.98. The quantitative estimate of drug-likeness (QED) is 0.866. The molecule has 1 aliphatic heterocycles. The lowest BCUT2D eigenvalue weighted by Gasteiger charge is -2.33. The molecule has 1 atom stereocenters. The number of carbonyl (C=O) groups excluding carboxylic acids is 1. The zero-order valence-corrected chi connectivity index (χ0v) is 13.7. The number of piperidine rings is 1. The molecule has 0 unspecified atom stereocenters. The van der Waals surface area contributed by atoms with Crippen LogP contribution in [0.15, 0.2) is 24.3 Å². The minimum absolute atomic E-state index is 0.261. The zero-order valence-electron chi connectivity index (χ0n) is 13.7. The number of amides is 1. The maximum absolute atomic E-state index is 12.0. The van der Waals surface area contributed by atoms with Crippen LogP contribution in [-0.4, -0.2) is 33.4 Å². The van der Waals surface area contributed by atoms with Crippen molar-refractivity contribution in [3.8, 4) is 0 Å². The Morgan fingerprint density at radius 3 is 2.86 bits per heavy atom. The molecule has 22 heavy (non-hydrogen) atoms. The van der Waals surface area contributed by atoms with Crippen LogP contribution >= 0.6 is 0 Å². The van der Waals surface area contributed by atoms with Crippen LogP contribution in [0, 0.1) is 0 Å². The average Bonchev–Trinajstić information content (AvgIpc) is 2.94. The summed E-state index contributed by atoms with van der Waals surface area (Å²) in [5.74, 6) is 1.75. The van der Waals surface area contributed by atoms with Gasteiger partial charge in [-0.2, -0.15) is 0 Å². The fraction of sp³-hybridized carbons (Fsp3) is 0.556. The van der Waals surface area contributed by atoms with E-state index in [4.69, 9.17) is 4.98 Å². The monoisotopic (exact) mass is 299 g/mol. The highest BCUT2D eigenvalue weighted by Crippen LogP contribution is 2.31. The molecule has 118 valence electrons. The maximum atomic E-state index is 12.0. The summed E-state index contributed by atoms with van der Waals surface area (Å²) in [5.41, 5.74) is 2.26. The number of imidazole rings is 1. The summed E-state index contributed by atoms with van der Waals surface area (Å²) in [7, 11) is 0. The van der Waals surface area contributed by atoms with Gasteiger partial charge < -0.3 is 9.47 Å². The van der Waals surface area contributed by atoms with E-state index in [1.807, 2.05) is 17.9 Å². The minimum Gasteiger partial charge on any atom is -0.342 e. The van der Waals surface area contributed by atoms with Gasteiger partial charge in [0.2, 0.25) is 5.91 Å². The number of carbonyl (C=O) groups is 1. The van der Waals surface area contributed by atoms with Crippen molar-refractivity contribution in [3.05, 3.63) is 30.1 Å². The maximum Gasteiger partial charge on any atom is 0.222 e. The molecule has 0 radical (unpaired) electrons. The molecule has 1 saturated heterocycles. The summed E-state index contributed by atoms with van der Waals surface area (Å²) in [6.45, 7) is 8.05. The van der Waals surface area contributed by atoms with Gasteiger partial charge >= 0.3 is 0 Å². The predicted octanol–water partition coefficient (Wildman–Crippen LogP) is 3.73. The van der Waals surface area contributed by atoms with Crippen LogP contribution in [0.3, 0.4) is 0 Å². The van der Waals surface area contributed by atoms with E-state index < -0.39 is 0 Å². The van der Waals surface area contributed by atoms with E-state index in [1.54, 1.807) is 0 Å². The van der Waals surface area contributed by atoms with Crippen molar-refractivity contribution in [2.75, 3.05) is 13.1 Å². The lowest BCUT2D eigenvalue weighted by atomic mass is 9.96. The van der Waals surface area contributed by atoms with Gasteiger partial charge in [-0.15, -0.1) is 0 Å². The number of hydrogen-bond donors (Lipinski definition) is 0. The molecule has 1 fully saturated rings. The van der Waals surface area contributed by atoms with E-state index in [0.29, 0.717) is 18.4 Å².